The van der Waals surface area contributed by atoms with Gasteiger partial charge in [-0.15, -0.1) is 0 Å². The molecule has 0 spiro atoms. The van der Waals surface area contributed by atoms with Gasteiger partial charge in [-0.2, -0.15) is 26.3 Å². The number of rotatable bonds is 3. The van der Waals surface area contributed by atoms with Gasteiger partial charge >= 0.3 is 18.4 Å². The van der Waals surface area contributed by atoms with E-state index in [0.717, 1.165) is 41.1 Å². The van der Waals surface area contributed by atoms with Crippen LogP contribution in [0.15, 0.2) is 36.4 Å². The van der Waals surface area contributed by atoms with Gasteiger partial charge in [0.15, 0.2) is 5.75 Å². The van der Waals surface area contributed by atoms with Crippen LogP contribution in [0.1, 0.15) is 30.9 Å². The monoisotopic (exact) mass is 478 g/mol. The third-order valence-electron chi connectivity index (χ3n) is 5.12. The molecule has 1 aliphatic heterocycles. The van der Waals surface area contributed by atoms with Gasteiger partial charge in [-0.05, 0) is 49.7 Å². The van der Waals surface area contributed by atoms with E-state index in [1.54, 1.807) is 0 Å². The van der Waals surface area contributed by atoms with Crippen molar-refractivity contribution in [2.75, 3.05) is 16.8 Å². The predicted molar refractivity (Wildman–Crippen MR) is 103 cm³/mol. The van der Waals surface area contributed by atoms with Crippen molar-refractivity contribution in [3.63, 3.8) is 0 Å². The summed E-state index contributed by atoms with van der Waals surface area (Å²) in [4.78, 5) is 26.4. The molecule has 1 atom stereocenters. The van der Waals surface area contributed by atoms with Crippen LogP contribution in [0.2, 0.25) is 0 Å². The Morgan fingerprint density at radius 3 is 2.15 bits per heavy atom. The second-order valence-corrected chi connectivity index (χ2v) is 7.42. The van der Waals surface area contributed by atoms with Gasteiger partial charge in [0.05, 0.1) is 11.3 Å². The smallest absolute Gasteiger partial charge is 0.407 e. The molecule has 33 heavy (non-hydrogen) atoms. The molecule has 1 saturated heterocycles. The third kappa shape index (κ3) is 5.04. The van der Waals surface area contributed by atoms with Crippen LogP contribution >= 0.6 is 0 Å². The summed E-state index contributed by atoms with van der Waals surface area (Å²) < 4.78 is 99.5. The Morgan fingerprint density at radius 2 is 1.67 bits per heavy atom. The molecule has 0 radical (unpaired) electrons. The summed E-state index contributed by atoms with van der Waals surface area (Å²) in [6, 6.07) is 3.75. The Labute approximate surface area is 183 Å². The highest BCUT2D eigenvalue weighted by molar-refractivity contribution is 5.99. The fraction of sp³-hybridized carbons (Fsp3) is 0.333. The minimum absolute atomic E-state index is 0.0500. The van der Waals surface area contributed by atoms with E-state index in [1.165, 1.54) is 6.92 Å². The molecule has 0 saturated carbocycles. The molecule has 1 fully saturated rings. The van der Waals surface area contributed by atoms with Gasteiger partial charge < -0.3 is 9.64 Å². The Bertz CT molecular complexity index is 1070. The molecule has 178 valence electrons. The normalized spacial score (nSPS) is 16.8. The third-order valence-corrected chi connectivity index (χ3v) is 5.12. The van der Waals surface area contributed by atoms with Crippen molar-refractivity contribution in [2.45, 2.75) is 38.2 Å². The molecule has 0 aromatic heterocycles. The molecule has 2 aromatic rings. The summed E-state index contributed by atoms with van der Waals surface area (Å²) >= 11 is 0. The van der Waals surface area contributed by atoms with Gasteiger partial charge in [0.2, 0.25) is 5.91 Å². The number of alkyl halides is 6. The Balaban J connectivity index is 2.16. The molecule has 0 N–H and O–H groups in total. The topological polar surface area (TPSA) is 49.9 Å². The molecule has 1 aliphatic rings. The van der Waals surface area contributed by atoms with Gasteiger partial charge in [0.25, 0.3) is 0 Å². The van der Waals surface area contributed by atoms with E-state index in [4.69, 9.17) is 4.74 Å². The first kappa shape index (κ1) is 24.3. The largest absolute Gasteiger partial charge is 0.420 e. The summed E-state index contributed by atoms with van der Waals surface area (Å²) in [6.45, 7) is 1.45. The van der Waals surface area contributed by atoms with Crippen LogP contribution in [0.5, 0.6) is 5.75 Å². The van der Waals surface area contributed by atoms with Crippen molar-refractivity contribution >= 4 is 23.4 Å². The standard InChI is InChI=1S/C21H17F7N2O3/c1-11-3-8-17(31)30(11)16-10-12(20(23,24)25)9-15(21(26,27)28)18(16)33-19(32)29(2)14-6-4-13(22)5-7-14/h4-7,9-11H,3,8H2,1-2H3/t11-/m1/s1. The fourth-order valence-electron chi connectivity index (χ4n) is 3.40. The lowest BCUT2D eigenvalue weighted by Gasteiger charge is -2.28. The average molecular weight is 478 g/mol. The quantitative estimate of drug-likeness (QED) is 0.508. The number of carbonyl (C=O) groups is 2. The average Bonchev–Trinajstić information content (AvgIpc) is 3.04. The van der Waals surface area contributed by atoms with Crippen LogP contribution in [0, 0.1) is 5.82 Å². The van der Waals surface area contributed by atoms with Gasteiger partial charge in [0, 0.05) is 25.2 Å². The van der Waals surface area contributed by atoms with Crippen molar-refractivity contribution in [1.82, 2.24) is 0 Å². The number of anilines is 2. The van der Waals surface area contributed by atoms with Crippen LogP contribution < -0.4 is 14.5 Å². The van der Waals surface area contributed by atoms with Crippen molar-refractivity contribution in [3.05, 3.63) is 53.3 Å². The zero-order chi connectivity index (χ0) is 24.7. The molecule has 2 aromatic carbocycles. The molecule has 1 heterocycles. The Kier molecular flexibility index (Phi) is 6.31. The highest BCUT2D eigenvalue weighted by Gasteiger charge is 2.44. The maximum absolute atomic E-state index is 13.8. The van der Waals surface area contributed by atoms with E-state index in [1.807, 2.05) is 0 Å². The van der Waals surface area contributed by atoms with Gasteiger partial charge in [-0.25, -0.2) is 9.18 Å². The van der Waals surface area contributed by atoms with Crippen molar-refractivity contribution in [3.8, 4) is 5.75 Å². The lowest BCUT2D eigenvalue weighted by molar-refractivity contribution is -0.143. The molecule has 3 rings (SSSR count). The SMILES string of the molecule is C[C@@H]1CCC(=O)N1c1cc(C(F)(F)F)cc(C(F)(F)F)c1OC(=O)N(C)c1ccc(F)cc1. The number of hydrogen-bond donors (Lipinski definition) is 0. The lowest BCUT2D eigenvalue weighted by Crippen LogP contribution is -2.34. The first-order valence-corrected chi connectivity index (χ1v) is 9.55. The number of amides is 2. The van der Waals surface area contributed by atoms with Crippen molar-refractivity contribution in [1.29, 1.82) is 0 Å². The summed E-state index contributed by atoms with van der Waals surface area (Å²) in [5, 5.41) is 0. The minimum Gasteiger partial charge on any atom is -0.407 e. The second-order valence-electron chi connectivity index (χ2n) is 7.42. The van der Waals surface area contributed by atoms with E-state index in [9.17, 15) is 40.3 Å². The molecule has 0 unspecified atom stereocenters. The molecular formula is C21H17F7N2O3. The minimum atomic E-state index is -5.34. The molecule has 2 amide bonds. The van der Waals surface area contributed by atoms with E-state index in [-0.39, 0.29) is 24.6 Å². The van der Waals surface area contributed by atoms with E-state index >= 15 is 0 Å². The summed E-state index contributed by atoms with van der Waals surface area (Å²) in [6.07, 6.45) is -11.8. The van der Waals surface area contributed by atoms with Crippen LogP contribution in [-0.4, -0.2) is 25.1 Å². The second kappa shape index (κ2) is 8.56. The zero-order valence-corrected chi connectivity index (χ0v) is 17.2. The number of carbonyl (C=O) groups excluding carboxylic acids is 2. The zero-order valence-electron chi connectivity index (χ0n) is 17.2. The maximum Gasteiger partial charge on any atom is 0.420 e. The van der Waals surface area contributed by atoms with Crippen LogP contribution in [0.4, 0.5) is 46.9 Å². The number of ether oxygens (including phenoxy) is 1. The number of hydrogen-bond acceptors (Lipinski definition) is 3. The van der Waals surface area contributed by atoms with Crippen LogP contribution in [-0.2, 0) is 17.1 Å². The summed E-state index contributed by atoms with van der Waals surface area (Å²) in [5.74, 6) is -2.57. The molecule has 0 aliphatic carbocycles. The van der Waals surface area contributed by atoms with Gasteiger partial charge in [-0.3, -0.25) is 9.69 Å². The summed E-state index contributed by atoms with van der Waals surface area (Å²) in [5.41, 5.74) is -4.27. The highest BCUT2D eigenvalue weighted by Crippen LogP contribution is 2.47. The Morgan fingerprint density at radius 1 is 1.06 bits per heavy atom. The number of benzene rings is 2. The predicted octanol–water partition coefficient (Wildman–Crippen LogP) is 6.01. The molecular weight excluding hydrogens is 461 g/mol. The van der Waals surface area contributed by atoms with E-state index in [2.05, 4.69) is 0 Å². The van der Waals surface area contributed by atoms with Crippen LogP contribution in [0.3, 0.4) is 0 Å². The Hall–Kier alpha value is -3.31. The fourth-order valence-corrected chi connectivity index (χ4v) is 3.40. The first-order valence-electron chi connectivity index (χ1n) is 9.55. The van der Waals surface area contributed by atoms with E-state index < -0.39 is 58.8 Å². The van der Waals surface area contributed by atoms with Crippen molar-refractivity contribution < 1.29 is 45.1 Å². The maximum atomic E-state index is 13.8. The molecule has 0 bridgehead atoms. The van der Waals surface area contributed by atoms with Crippen molar-refractivity contribution in [2.24, 2.45) is 0 Å². The highest BCUT2D eigenvalue weighted by atomic mass is 19.4. The van der Waals surface area contributed by atoms with Crippen LogP contribution in [0.25, 0.3) is 0 Å². The number of halogens is 7. The first-order chi connectivity index (χ1) is 15.2. The van der Waals surface area contributed by atoms with Gasteiger partial charge in [0.1, 0.15) is 11.4 Å². The summed E-state index contributed by atoms with van der Waals surface area (Å²) in [7, 11) is 1.12. The van der Waals surface area contributed by atoms with E-state index in [0.29, 0.717) is 6.07 Å². The lowest BCUT2D eigenvalue weighted by atomic mass is 10.0. The molecule has 12 heteroatoms. The number of nitrogens with zero attached hydrogens (tertiary/aromatic N) is 2. The molecule has 5 nitrogen and oxygen atoms in total. The van der Waals surface area contributed by atoms with Gasteiger partial charge in [-0.1, -0.05) is 0 Å².